The summed E-state index contributed by atoms with van der Waals surface area (Å²) in [6, 6.07) is 0. The van der Waals surface area contributed by atoms with Crippen LogP contribution in [0.15, 0.2) is 10.6 Å². The minimum Gasteiger partial charge on any atom is -0.477 e. The van der Waals surface area contributed by atoms with Crippen LogP contribution in [0.25, 0.3) is 0 Å². The molecule has 9 heteroatoms. The van der Waals surface area contributed by atoms with E-state index < -0.39 is 20.6 Å². The van der Waals surface area contributed by atoms with Crippen molar-refractivity contribution in [1.29, 1.82) is 0 Å². The number of hydrogen-bond donors (Lipinski definition) is 1. The highest BCUT2D eigenvalue weighted by atomic mass is 79.9. The highest BCUT2D eigenvalue weighted by molar-refractivity contribution is 9.09. The average Bonchev–Trinajstić information content (AvgIpc) is 2.43. The molecule has 2 heterocycles. The normalized spacial score (nSPS) is 27.0. The molecule has 2 rings (SSSR count). The summed E-state index contributed by atoms with van der Waals surface area (Å²) in [4.78, 5) is 26.8. The van der Waals surface area contributed by atoms with E-state index in [4.69, 9.17) is 4.43 Å². The molecule has 0 aromatic rings. The fraction of sp³-hybridized carbons (Fsp3) is 0.733. The Hall–Kier alpha value is 0.0369. The van der Waals surface area contributed by atoms with Crippen LogP contribution in [-0.4, -0.2) is 47.2 Å². The first-order valence-corrected chi connectivity index (χ1v) is 13.9. The lowest BCUT2D eigenvalue weighted by Gasteiger charge is -2.59. The van der Waals surface area contributed by atoms with Crippen LogP contribution < -0.4 is 0 Å². The molecule has 24 heavy (non-hydrogen) atoms. The molecule has 5 nitrogen and oxygen atoms in total. The molecule has 0 radical (unpaired) electrons. The van der Waals surface area contributed by atoms with Crippen LogP contribution in [-0.2, 0) is 14.0 Å². The van der Waals surface area contributed by atoms with Gasteiger partial charge in [-0.25, -0.2) is 4.79 Å². The third-order valence-corrected chi connectivity index (χ3v) is 9.37. The molecule has 1 amide bonds. The lowest BCUT2D eigenvalue weighted by molar-refractivity contribution is -0.174. The molecule has 2 aliphatic heterocycles. The molecule has 0 spiro atoms. The summed E-state index contributed by atoms with van der Waals surface area (Å²) >= 11 is 3.32. The number of rotatable bonds is 5. The van der Waals surface area contributed by atoms with Gasteiger partial charge in [-0.15, -0.1) is 0 Å². The van der Waals surface area contributed by atoms with Gasteiger partial charge in [0.15, 0.2) is 9.04 Å². The molecule has 1 unspecified atom stereocenters. The minimum absolute atomic E-state index is 0.111. The molecule has 1 N–H and O–H groups in total. The predicted molar refractivity (Wildman–Crippen MR) is 106 cm³/mol. The van der Waals surface area contributed by atoms with Crippen molar-refractivity contribution >= 4 is 58.4 Å². The topological polar surface area (TPSA) is 66.8 Å². The van der Waals surface area contributed by atoms with Crippen LogP contribution in [0, 0.1) is 11.3 Å². The van der Waals surface area contributed by atoms with E-state index in [0.29, 0.717) is 10.2 Å². The maximum Gasteiger partial charge on any atom is 0.353 e. The first-order chi connectivity index (χ1) is 11.0. The van der Waals surface area contributed by atoms with Crippen LogP contribution in [0.4, 0.5) is 0 Å². The van der Waals surface area contributed by atoms with Crippen molar-refractivity contribution in [2.75, 3.05) is 5.33 Å². The fourth-order valence-electron chi connectivity index (χ4n) is 3.10. The zero-order chi connectivity index (χ0) is 18.4. The van der Waals surface area contributed by atoms with Crippen molar-refractivity contribution < 1.29 is 19.1 Å². The molecule has 0 aromatic carbocycles. The van der Waals surface area contributed by atoms with Gasteiger partial charge < -0.3 is 9.53 Å². The maximum absolute atomic E-state index is 13.0. The van der Waals surface area contributed by atoms with Gasteiger partial charge >= 0.3 is 5.97 Å². The summed E-state index contributed by atoms with van der Waals surface area (Å²) in [6.45, 7) is 12.4. The van der Waals surface area contributed by atoms with Gasteiger partial charge in [0.2, 0.25) is 5.91 Å². The Balaban J connectivity index is 2.42. The smallest absolute Gasteiger partial charge is 0.353 e. The van der Waals surface area contributed by atoms with E-state index >= 15 is 0 Å². The van der Waals surface area contributed by atoms with Crippen LogP contribution in [0.2, 0.25) is 13.1 Å². The van der Waals surface area contributed by atoms with E-state index in [1.165, 1.54) is 15.7 Å². The van der Waals surface area contributed by atoms with Gasteiger partial charge in [0.05, 0.1) is 11.5 Å². The number of amides is 1. The second-order valence-electron chi connectivity index (χ2n) is 7.49. The average molecular weight is 454 g/mol. The van der Waals surface area contributed by atoms with Crippen molar-refractivity contribution in [3.8, 4) is 0 Å². The molecule has 1 saturated heterocycles. The summed E-state index contributed by atoms with van der Waals surface area (Å²) in [5.41, 5.74) is -0.737. The molecule has 0 aliphatic carbocycles. The number of halogens is 1. The number of carbonyl (C=O) groups excluding carboxylic acids is 1. The van der Waals surface area contributed by atoms with Crippen molar-refractivity contribution in [3.05, 3.63) is 10.6 Å². The number of carboxylic acid groups (broad SMARTS) is 1. The van der Waals surface area contributed by atoms with Gasteiger partial charge in [0.1, 0.15) is 11.1 Å². The van der Waals surface area contributed by atoms with E-state index in [-0.39, 0.29) is 28.3 Å². The number of β-lactam (4-membered cyclic amide) rings is 1. The Morgan fingerprint density at radius 1 is 1.38 bits per heavy atom. The van der Waals surface area contributed by atoms with E-state index in [0.717, 1.165) is 0 Å². The number of carbonyl (C=O) groups is 2. The molecule has 3 atom stereocenters. The van der Waals surface area contributed by atoms with Gasteiger partial charge in [-0.05, 0) is 25.4 Å². The predicted octanol–water partition coefficient (Wildman–Crippen LogP) is 3.66. The first-order valence-electron chi connectivity index (χ1n) is 7.82. The van der Waals surface area contributed by atoms with Gasteiger partial charge in [-0.3, -0.25) is 9.69 Å². The summed E-state index contributed by atoms with van der Waals surface area (Å²) in [5.74, 6) is -1.53. The molecule has 0 aromatic heterocycles. The number of fused-ring (bicyclic) bond motifs is 1. The van der Waals surface area contributed by atoms with Crippen LogP contribution >= 0.6 is 37.5 Å². The monoisotopic (exact) mass is 453 g/mol. The largest absolute Gasteiger partial charge is 0.477 e. The summed E-state index contributed by atoms with van der Waals surface area (Å²) in [7, 11) is 1.61. The van der Waals surface area contributed by atoms with Gasteiger partial charge in [0, 0.05) is 10.2 Å². The molecule has 136 valence electrons. The zero-order valence-corrected chi connectivity index (χ0v) is 19.1. The standard InChI is InChI=1S/C15H24BrNO4S2Si/c1-14(2,3)15(4,21-24(5)6)9-11(18)17-10(13(19)20)8(7-16)22-23-12(9)17/h9,12,24H,7H2,1-6H3,(H,19,20)/t9-,12+,15?/m0/s1. The summed E-state index contributed by atoms with van der Waals surface area (Å²) in [6.07, 6.45) is 0. The van der Waals surface area contributed by atoms with Gasteiger partial charge in [-0.1, -0.05) is 58.3 Å². The first kappa shape index (κ1) is 20.4. The van der Waals surface area contributed by atoms with Gasteiger partial charge in [-0.2, -0.15) is 0 Å². The maximum atomic E-state index is 13.0. The van der Waals surface area contributed by atoms with Crippen LogP contribution in [0.1, 0.15) is 27.7 Å². The van der Waals surface area contributed by atoms with Crippen molar-refractivity contribution in [3.63, 3.8) is 0 Å². The van der Waals surface area contributed by atoms with E-state index in [9.17, 15) is 14.7 Å². The van der Waals surface area contributed by atoms with Gasteiger partial charge in [0.25, 0.3) is 0 Å². The van der Waals surface area contributed by atoms with E-state index in [1.807, 2.05) is 6.92 Å². The van der Waals surface area contributed by atoms with Crippen LogP contribution in [0.3, 0.4) is 0 Å². The Morgan fingerprint density at radius 2 is 1.96 bits per heavy atom. The number of aliphatic carboxylic acids is 1. The molecule has 1 fully saturated rings. The minimum atomic E-state index is -1.38. The summed E-state index contributed by atoms with van der Waals surface area (Å²) < 4.78 is 6.37. The second-order valence-corrected chi connectivity index (χ2v) is 12.8. The number of allylic oxidation sites excluding steroid dienone is 1. The lowest BCUT2D eigenvalue weighted by Crippen LogP contribution is -2.71. The van der Waals surface area contributed by atoms with Crippen molar-refractivity contribution in [1.82, 2.24) is 4.90 Å². The molecular weight excluding hydrogens is 430 g/mol. The summed E-state index contributed by atoms with van der Waals surface area (Å²) in [5, 5.41) is 9.78. The third-order valence-electron chi connectivity index (χ3n) is 4.68. The number of carboxylic acids is 1. The third kappa shape index (κ3) is 3.22. The molecule has 0 saturated carbocycles. The Kier molecular flexibility index (Phi) is 5.92. The highest BCUT2D eigenvalue weighted by Crippen LogP contribution is 2.58. The van der Waals surface area contributed by atoms with Crippen molar-refractivity contribution in [2.24, 2.45) is 11.3 Å². The highest BCUT2D eigenvalue weighted by Gasteiger charge is 2.64. The molecule has 2 aliphatic rings. The van der Waals surface area contributed by atoms with Crippen molar-refractivity contribution in [2.45, 2.75) is 51.8 Å². The fourth-order valence-corrected chi connectivity index (χ4v) is 8.60. The quantitative estimate of drug-likeness (QED) is 0.296. The molecular formula is C15H24BrNO4S2Si. The number of alkyl halides is 1. The zero-order valence-electron chi connectivity index (χ0n) is 14.8. The SMILES string of the molecule is C[SiH](C)OC(C)([C@H]1C(=O)N2C(C(=O)O)=C(CBr)SS[C@H]12)C(C)(C)C. The number of hydrogen-bond acceptors (Lipinski definition) is 5. The molecule has 0 bridgehead atoms. The van der Waals surface area contributed by atoms with E-state index in [2.05, 4.69) is 49.8 Å². The Labute approximate surface area is 161 Å². The lowest BCUT2D eigenvalue weighted by atomic mass is 9.66. The van der Waals surface area contributed by atoms with E-state index in [1.54, 1.807) is 10.8 Å². The Bertz CT molecular complexity index is 593. The number of nitrogens with zero attached hydrogens (tertiary/aromatic N) is 1. The Morgan fingerprint density at radius 3 is 2.38 bits per heavy atom. The van der Waals surface area contributed by atoms with Crippen LogP contribution in [0.5, 0.6) is 0 Å². The second kappa shape index (κ2) is 6.98.